The zero-order valence-corrected chi connectivity index (χ0v) is 20.7. The van der Waals surface area contributed by atoms with E-state index in [4.69, 9.17) is 9.73 Å². The highest BCUT2D eigenvalue weighted by Gasteiger charge is 2.22. The summed E-state index contributed by atoms with van der Waals surface area (Å²) in [7, 11) is 1.67. The fourth-order valence-electron chi connectivity index (χ4n) is 4.00. The van der Waals surface area contributed by atoms with E-state index in [1.54, 1.807) is 7.11 Å². The molecule has 4 heterocycles. The molecule has 31 heavy (non-hydrogen) atoms. The lowest BCUT2D eigenvalue weighted by Gasteiger charge is -2.25. The van der Waals surface area contributed by atoms with Crippen LogP contribution in [0.15, 0.2) is 23.3 Å². The maximum atomic E-state index is 5.15. The fraction of sp³-hybridized carbons (Fsp3) is 0.619. The van der Waals surface area contributed by atoms with Crippen molar-refractivity contribution >= 4 is 35.8 Å². The lowest BCUT2D eigenvalue weighted by atomic mass is 10.1. The van der Waals surface area contributed by atoms with Crippen LogP contribution in [-0.4, -0.2) is 58.5 Å². The Morgan fingerprint density at radius 3 is 2.84 bits per heavy atom. The Hall–Kier alpha value is -1.95. The van der Waals surface area contributed by atoms with E-state index in [0.717, 1.165) is 68.0 Å². The topological polar surface area (TPSA) is 92.5 Å². The van der Waals surface area contributed by atoms with Crippen LogP contribution < -0.4 is 15.5 Å². The molecule has 2 aromatic heterocycles. The number of hydrogen-bond donors (Lipinski definition) is 2. The van der Waals surface area contributed by atoms with Crippen molar-refractivity contribution in [3.05, 3.63) is 35.5 Å². The minimum absolute atomic E-state index is 0. The molecule has 0 aromatic carbocycles. The van der Waals surface area contributed by atoms with Gasteiger partial charge >= 0.3 is 0 Å². The number of rotatable bonds is 7. The number of pyridine rings is 1. The van der Waals surface area contributed by atoms with Gasteiger partial charge in [-0.3, -0.25) is 0 Å². The van der Waals surface area contributed by atoms with E-state index >= 15 is 0 Å². The average molecular weight is 540 g/mol. The monoisotopic (exact) mass is 540 g/mol. The highest BCUT2D eigenvalue weighted by atomic mass is 127. The Morgan fingerprint density at radius 2 is 2.13 bits per heavy atom. The molecule has 2 aliphatic rings. The summed E-state index contributed by atoms with van der Waals surface area (Å²) in [6, 6.07) is 4.51. The summed E-state index contributed by atoms with van der Waals surface area (Å²) in [6.45, 7) is 6.95. The third-order valence-electron chi connectivity index (χ3n) is 5.52. The van der Waals surface area contributed by atoms with E-state index in [1.807, 2.05) is 10.9 Å². The molecule has 2 N–H and O–H groups in total. The Morgan fingerprint density at radius 1 is 1.29 bits per heavy atom. The van der Waals surface area contributed by atoms with Gasteiger partial charge in [0.1, 0.15) is 18.2 Å². The number of ether oxygens (including phenoxy) is 1. The lowest BCUT2D eigenvalue weighted by molar-refractivity contribution is 0.177. The molecule has 1 fully saturated rings. The van der Waals surface area contributed by atoms with Crippen LogP contribution in [-0.2, 0) is 30.9 Å². The molecule has 10 heteroatoms. The van der Waals surface area contributed by atoms with Crippen LogP contribution in [0.3, 0.4) is 0 Å². The van der Waals surface area contributed by atoms with Gasteiger partial charge in [-0.25, -0.2) is 19.6 Å². The summed E-state index contributed by atoms with van der Waals surface area (Å²) in [5.41, 5.74) is 1.11. The van der Waals surface area contributed by atoms with Gasteiger partial charge in [0.05, 0.1) is 13.1 Å². The molecule has 170 valence electrons. The largest absolute Gasteiger partial charge is 0.377 e. The summed E-state index contributed by atoms with van der Waals surface area (Å²) in [6.07, 6.45) is 6.37. The molecule has 0 saturated carbocycles. The Kier molecular flexibility index (Phi) is 8.88. The van der Waals surface area contributed by atoms with E-state index in [1.165, 1.54) is 12.8 Å². The third kappa shape index (κ3) is 6.28. The van der Waals surface area contributed by atoms with Crippen molar-refractivity contribution in [2.75, 3.05) is 31.6 Å². The standard InChI is InChI=1S/C21H32N8O.HI/c1-3-22-21(24-13-16-6-8-19(23-12-16)28-10-4-5-11-28)25-17-7-9-20-26-18(15-30-2)27-29(20)14-17;/h6,8,12,17H,3-5,7,9-11,13-15H2,1-2H3,(H2,22,24,25);1H. The van der Waals surface area contributed by atoms with E-state index in [9.17, 15) is 0 Å². The number of anilines is 1. The lowest BCUT2D eigenvalue weighted by Crippen LogP contribution is -2.47. The van der Waals surface area contributed by atoms with Crippen LogP contribution in [0.5, 0.6) is 0 Å². The fourth-order valence-corrected chi connectivity index (χ4v) is 4.00. The average Bonchev–Trinajstić information content (AvgIpc) is 3.42. The predicted octanol–water partition coefficient (Wildman–Crippen LogP) is 2.11. The number of nitrogens with one attached hydrogen (secondary N) is 2. The molecule has 1 unspecified atom stereocenters. The van der Waals surface area contributed by atoms with E-state index in [2.05, 4.69) is 49.7 Å². The van der Waals surface area contributed by atoms with Gasteiger partial charge in [-0.2, -0.15) is 5.10 Å². The van der Waals surface area contributed by atoms with Gasteiger partial charge in [0.25, 0.3) is 0 Å². The number of aromatic nitrogens is 4. The number of halogens is 1. The van der Waals surface area contributed by atoms with Gasteiger partial charge in [-0.05, 0) is 37.8 Å². The summed E-state index contributed by atoms with van der Waals surface area (Å²) in [5, 5.41) is 11.5. The summed E-state index contributed by atoms with van der Waals surface area (Å²) in [4.78, 5) is 16.3. The van der Waals surface area contributed by atoms with Crippen molar-refractivity contribution in [3.8, 4) is 0 Å². The number of aliphatic imine (C=N–C) groups is 1. The Bertz CT molecular complexity index is 848. The van der Waals surface area contributed by atoms with Crippen LogP contribution in [0, 0.1) is 0 Å². The van der Waals surface area contributed by atoms with E-state index < -0.39 is 0 Å². The number of hydrogen-bond acceptors (Lipinski definition) is 6. The van der Waals surface area contributed by atoms with Crippen LogP contribution in [0.1, 0.15) is 43.4 Å². The molecule has 1 saturated heterocycles. The zero-order chi connectivity index (χ0) is 20.8. The maximum absolute atomic E-state index is 5.15. The van der Waals surface area contributed by atoms with Gasteiger partial charge in [-0.1, -0.05) is 6.07 Å². The SMILES string of the molecule is CCNC(=NCc1ccc(N2CCCC2)nc1)NC1CCc2nc(COC)nn2C1.I. The molecule has 0 radical (unpaired) electrons. The van der Waals surface area contributed by atoms with Crippen molar-refractivity contribution in [2.45, 2.75) is 58.3 Å². The minimum atomic E-state index is 0. The molecular weight excluding hydrogens is 507 g/mol. The second-order valence-electron chi connectivity index (χ2n) is 7.85. The van der Waals surface area contributed by atoms with Gasteiger partial charge in [0.15, 0.2) is 11.8 Å². The quantitative estimate of drug-likeness (QED) is 0.316. The highest BCUT2D eigenvalue weighted by Crippen LogP contribution is 2.18. The molecule has 9 nitrogen and oxygen atoms in total. The van der Waals surface area contributed by atoms with Crippen LogP contribution >= 0.6 is 24.0 Å². The van der Waals surface area contributed by atoms with Crippen LogP contribution in [0.2, 0.25) is 0 Å². The molecule has 4 rings (SSSR count). The maximum Gasteiger partial charge on any atom is 0.191 e. The Labute approximate surface area is 201 Å². The third-order valence-corrected chi connectivity index (χ3v) is 5.52. The summed E-state index contributed by atoms with van der Waals surface area (Å²) < 4.78 is 7.13. The molecule has 0 bridgehead atoms. The number of aryl methyl sites for hydroxylation is 1. The highest BCUT2D eigenvalue weighted by molar-refractivity contribution is 14.0. The first kappa shape index (κ1) is 23.7. The first-order valence-corrected chi connectivity index (χ1v) is 10.9. The van der Waals surface area contributed by atoms with Crippen LogP contribution in [0.4, 0.5) is 5.82 Å². The van der Waals surface area contributed by atoms with Crippen LogP contribution in [0.25, 0.3) is 0 Å². The van der Waals surface area contributed by atoms with E-state index in [-0.39, 0.29) is 30.0 Å². The van der Waals surface area contributed by atoms with Crippen molar-refractivity contribution in [1.82, 2.24) is 30.4 Å². The second kappa shape index (κ2) is 11.6. The van der Waals surface area contributed by atoms with Gasteiger partial charge in [0.2, 0.25) is 0 Å². The Balaban J connectivity index is 0.00000272. The molecule has 0 amide bonds. The molecule has 0 spiro atoms. The van der Waals surface area contributed by atoms with Crippen molar-refractivity contribution in [3.63, 3.8) is 0 Å². The number of nitrogens with zero attached hydrogens (tertiary/aromatic N) is 6. The number of guanidine groups is 1. The molecule has 0 aliphatic carbocycles. The minimum Gasteiger partial charge on any atom is -0.377 e. The molecule has 1 atom stereocenters. The smallest absolute Gasteiger partial charge is 0.191 e. The summed E-state index contributed by atoms with van der Waals surface area (Å²) >= 11 is 0. The van der Waals surface area contributed by atoms with Crippen molar-refractivity contribution in [1.29, 1.82) is 0 Å². The molecule has 2 aliphatic heterocycles. The number of fused-ring (bicyclic) bond motifs is 1. The molecule has 2 aromatic rings. The summed E-state index contributed by atoms with van der Waals surface area (Å²) in [5.74, 6) is 3.68. The number of methoxy groups -OCH3 is 1. The van der Waals surface area contributed by atoms with Gasteiger partial charge in [-0.15, -0.1) is 24.0 Å². The normalized spacial score (nSPS) is 18.5. The van der Waals surface area contributed by atoms with Crippen molar-refractivity contribution < 1.29 is 4.74 Å². The first-order chi connectivity index (χ1) is 14.7. The molecular formula is C21H33IN8O. The van der Waals surface area contributed by atoms with Crippen molar-refractivity contribution in [2.24, 2.45) is 4.99 Å². The van der Waals surface area contributed by atoms with Gasteiger partial charge < -0.3 is 20.3 Å². The zero-order valence-electron chi connectivity index (χ0n) is 18.4. The van der Waals surface area contributed by atoms with Gasteiger partial charge in [0, 0.05) is 45.4 Å². The van der Waals surface area contributed by atoms with E-state index in [0.29, 0.717) is 13.2 Å². The second-order valence-corrected chi connectivity index (χ2v) is 7.85. The first-order valence-electron chi connectivity index (χ1n) is 10.9. The predicted molar refractivity (Wildman–Crippen MR) is 132 cm³/mol.